The first-order valence-corrected chi connectivity index (χ1v) is 10.7. The first-order chi connectivity index (χ1) is 16.0. The van der Waals surface area contributed by atoms with Crippen molar-refractivity contribution in [2.24, 2.45) is 0 Å². The zero-order valence-corrected chi connectivity index (χ0v) is 17.9. The molecule has 4 aromatic rings. The fraction of sp³-hybridized carbons (Fsp3) is 0.200. The highest BCUT2D eigenvalue weighted by Gasteiger charge is 2.33. The van der Waals surface area contributed by atoms with Crippen molar-refractivity contribution in [3.05, 3.63) is 87.7 Å². The lowest BCUT2D eigenvalue weighted by Gasteiger charge is -2.24. The number of fused-ring (bicyclic) bond motifs is 1. The highest BCUT2D eigenvalue weighted by Crippen LogP contribution is 2.47. The van der Waals surface area contributed by atoms with Gasteiger partial charge in [0.15, 0.2) is 0 Å². The highest BCUT2D eigenvalue weighted by molar-refractivity contribution is 5.76. The summed E-state index contributed by atoms with van der Waals surface area (Å²) >= 11 is 0. The summed E-state index contributed by atoms with van der Waals surface area (Å²) < 4.78 is 15.5. The molecule has 3 aromatic heterocycles. The van der Waals surface area contributed by atoms with Crippen LogP contribution in [0.4, 0.5) is 16.2 Å². The van der Waals surface area contributed by atoms with Crippen LogP contribution in [0, 0.1) is 17.1 Å². The van der Waals surface area contributed by atoms with Crippen LogP contribution >= 0.6 is 0 Å². The number of nitriles is 1. The number of hydrogen-bond donors (Lipinski definition) is 2. The molecule has 0 amide bonds. The van der Waals surface area contributed by atoms with E-state index < -0.39 is 5.82 Å². The van der Waals surface area contributed by atoms with Gasteiger partial charge in [-0.25, -0.2) is 9.37 Å². The second-order valence-electron chi connectivity index (χ2n) is 8.22. The Hall–Kier alpha value is -4.25. The van der Waals surface area contributed by atoms with Gasteiger partial charge in [0, 0.05) is 6.20 Å². The first kappa shape index (κ1) is 20.6. The highest BCUT2D eigenvalue weighted by atomic mass is 19.1. The normalized spacial score (nSPS) is 14.1. The maximum Gasteiger partial charge on any atom is 0.263 e. The number of hydrogen-bond acceptors (Lipinski definition) is 6. The summed E-state index contributed by atoms with van der Waals surface area (Å²) in [5.41, 5.74) is 9.48. The molecule has 1 aliphatic rings. The van der Waals surface area contributed by atoms with Crippen molar-refractivity contribution in [1.82, 2.24) is 14.4 Å². The van der Waals surface area contributed by atoms with Crippen LogP contribution in [0.5, 0.6) is 0 Å². The summed E-state index contributed by atoms with van der Waals surface area (Å²) in [4.78, 5) is 21.8. The van der Waals surface area contributed by atoms with Crippen molar-refractivity contribution in [2.75, 3.05) is 11.1 Å². The van der Waals surface area contributed by atoms with Crippen LogP contribution in [0.15, 0.2) is 59.7 Å². The second-order valence-corrected chi connectivity index (χ2v) is 8.22. The van der Waals surface area contributed by atoms with Gasteiger partial charge in [-0.1, -0.05) is 30.3 Å². The van der Waals surface area contributed by atoms with E-state index in [2.05, 4.69) is 21.4 Å². The molecule has 1 atom stereocenters. The maximum atomic E-state index is 14.1. The molecule has 3 heterocycles. The molecule has 0 unspecified atom stereocenters. The standard InChI is InChI=1S/C25H21FN6O/c1-14(30-23-17(11-27)12-29-25(28)31-23)20-21(16-7-8-16)19-10-9-18(26)13-32(19)24(33)22(20)15-5-3-2-4-6-15/h2-6,9-10,12-14,16H,7-8H2,1H3,(H3,28,29,30,31)/t14-/m0/s1. The van der Waals surface area contributed by atoms with Crippen LogP contribution in [0.25, 0.3) is 16.6 Å². The quantitative estimate of drug-likeness (QED) is 0.476. The van der Waals surface area contributed by atoms with Crippen molar-refractivity contribution in [1.29, 1.82) is 5.26 Å². The van der Waals surface area contributed by atoms with Crippen molar-refractivity contribution in [3.63, 3.8) is 0 Å². The Kier molecular flexibility index (Phi) is 5.02. The molecule has 0 saturated heterocycles. The lowest BCUT2D eigenvalue weighted by molar-refractivity contribution is 0.617. The van der Waals surface area contributed by atoms with Gasteiger partial charge in [-0.05, 0) is 54.5 Å². The van der Waals surface area contributed by atoms with E-state index in [1.807, 2.05) is 37.3 Å². The summed E-state index contributed by atoms with van der Waals surface area (Å²) in [6.07, 6.45) is 4.60. The van der Waals surface area contributed by atoms with Crippen molar-refractivity contribution in [3.8, 4) is 17.2 Å². The number of nitrogens with one attached hydrogen (secondary N) is 1. The van der Waals surface area contributed by atoms with Crippen molar-refractivity contribution >= 4 is 17.3 Å². The van der Waals surface area contributed by atoms with Crippen LogP contribution < -0.4 is 16.6 Å². The Labute approximate surface area is 189 Å². The molecule has 8 heteroatoms. The van der Waals surface area contributed by atoms with E-state index in [-0.39, 0.29) is 29.0 Å². The molecule has 164 valence electrons. The third kappa shape index (κ3) is 3.68. The van der Waals surface area contributed by atoms with Gasteiger partial charge in [-0.2, -0.15) is 10.2 Å². The Morgan fingerprint density at radius 2 is 2.00 bits per heavy atom. The fourth-order valence-corrected chi connectivity index (χ4v) is 4.37. The van der Waals surface area contributed by atoms with Gasteiger partial charge < -0.3 is 11.1 Å². The van der Waals surface area contributed by atoms with E-state index in [1.54, 1.807) is 6.07 Å². The van der Waals surface area contributed by atoms with Crippen molar-refractivity contribution in [2.45, 2.75) is 31.7 Å². The minimum atomic E-state index is -0.473. The molecule has 1 aromatic carbocycles. The molecule has 1 fully saturated rings. The zero-order chi connectivity index (χ0) is 23.1. The molecule has 1 saturated carbocycles. The number of nitrogens with zero attached hydrogens (tertiary/aromatic N) is 4. The predicted octanol–water partition coefficient (Wildman–Crippen LogP) is 4.40. The van der Waals surface area contributed by atoms with E-state index in [1.165, 1.54) is 22.9 Å². The summed E-state index contributed by atoms with van der Waals surface area (Å²) in [7, 11) is 0. The molecule has 3 N–H and O–H groups in total. The molecular formula is C25H21FN6O. The Bertz CT molecular complexity index is 1470. The minimum absolute atomic E-state index is 0.0449. The largest absolute Gasteiger partial charge is 0.368 e. The van der Waals surface area contributed by atoms with E-state index in [0.717, 1.165) is 29.5 Å². The van der Waals surface area contributed by atoms with E-state index in [4.69, 9.17) is 5.73 Å². The van der Waals surface area contributed by atoms with Gasteiger partial charge in [0.05, 0.1) is 23.3 Å². The van der Waals surface area contributed by atoms with Crippen LogP contribution in [0.2, 0.25) is 0 Å². The van der Waals surface area contributed by atoms with Crippen molar-refractivity contribution < 1.29 is 4.39 Å². The summed E-state index contributed by atoms with van der Waals surface area (Å²) in [5, 5.41) is 12.8. The van der Waals surface area contributed by atoms with Crippen LogP contribution in [-0.2, 0) is 0 Å². The van der Waals surface area contributed by atoms with Gasteiger partial charge in [-0.3, -0.25) is 9.20 Å². The summed E-state index contributed by atoms with van der Waals surface area (Å²) in [6.45, 7) is 1.92. The molecule has 33 heavy (non-hydrogen) atoms. The summed E-state index contributed by atoms with van der Waals surface area (Å²) in [6, 6.07) is 14.1. The number of nitrogens with two attached hydrogens (primary N) is 1. The second kappa shape index (κ2) is 8.02. The molecular weight excluding hydrogens is 419 g/mol. The number of anilines is 2. The smallest absolute Gasteiger partial charge is 0.263 e. The number of halogens is 1. The Balaban J connectivity index is 1.80. The van der Waals surface area contributed by atoms with Crippen LogP contribution in [0.3, 0.4) is 0 Å². The van der Waals surface area contributed by atoms with Gasteiger partial charge >= 0.3 is 0 Å². The van der Waals surface area contributed by atoms with Crippen LogP contribution in [0.1, 0.15) is 48.4 Å². The van der Waals surface area contributed by atoms with Crippen LogP contribution in [-0.4, -0.2) is 14.4 Å². The van der Waals surface area contributed by atoms with E-state index >= 15 is 0 Å². The molecule has 1 aliphatic carbocycles. The number of pyridine rings is 2. The average molecular weight is 440 g/mol. The average Bonchev–Trinajstić information content (AvgIpc) is 3.65. The molecule has 5 rings (SSSR count). The number of aromatic nitrogens is 3. The third-order valence-electron chi connectivity index (χ3n) is 5.94. The molecule has 0 bridgehead atoms. The molecule has 0 aliphatic heterocycles. The Morgan fingerprint density at radius 1 is 1.24 bits per heavy atom. The molecule has 0 radical (unpaired) electrons. The monoisotopic (exact) mass is 440 g/mol. The SMILES string of the molecule is C[C@H](Nc1nc(N)ncc1C#N)c1c(-c2ccccc2)c(=O)n2cc(F)ccc2c1C1CC1. The van der Waals surface area contributed by atoms with Gasteiger partial charge in [0.2, 0.25) is 5.95 Å². The lowest BCUT2D eigenvalue weighted by atomic mass is 9.89. The van der Waals surface area contributed by atoms with Gasteiger partial charge in [0.1, 0.15) is 23.3 Å². The number of rotatable bonds is 5. The third-order valence-corrected chi connectivity index (χ3v) is 5.94. The maximum absolute atomic E-state index is 14.1. The predicted molar refractivity (Wildman–Crippen MR) is 124 cm³/mol. The van der Waals surface area contributed by atoms with Gasteiger partial charge in [0.25, 0.3) is 5.56 Å². The Morgan fingerprint density at radius 3 is 2.70 bits per heavy atom. The zero-order valence-electron chi connectivity index (χ0n) is 17.9. The molecule has 0 spiro atoms. The lowest BCUT2D eigenvalue weighted by Crippen LogP contribution is -2.24. The van der Waals surface area contributed by atoms with Gasteiger partial charge in [-0.15, -0.1) is 0 Å². The fourth-order valence-electron chi connectivity index (χ4n) is 4.37. The molecule has 7 nitrogen and oxygen atoms in total. The van der Waals surface area contributed by atoms with E-state index in [0.29, 0.717) is 16.9 Å². The van der Waals surface area contributed by atoms with E-state index in [9.17, 15) is 14.4 Å². The first-order valence-electron chi connectivity index (χ1n) is 10.7. The summed E-state index contributed by atoms with van der Waals surface area (Å²) in [5.74, 6) is 0.138. The minimum Gasteiger partial charge on any atom is -0.368 e. The number of benzene rings is 1. The number of nitrogen functional groups attached to an aromatic ring is 1. The topological polar surface area (TPSA) is 109 Å².